The summed E-state index contributed by atoms with van der Waals surface area (Å²) in [5.74, 6) is 0. The van der Waals surface area contributed by atoms with Gasteiger partial charge in [0.05, 0.1) is 102 Å². The smallest absolute Gasteiger partial charge is 0.0889 e. The zero-order chi connectivity index (χ0) is 52.9. The quantitative estimate of drug-likeness (QED) is 0.0958. The number of ether oxygens (including phenoxy) is 6. The predicted octanol–water partition coefficient (Wildman–Crippen LogP) is 13.7. The zero-order valence-electron chi connectivity index (χ0n) is 39.3. The van der Waals surface area contributed by atoms with Gasteiger partial charge in [0.15, 0.2) is 37.9 Å². The molecular weight excluding hydrogens is 1020 g/mol. The topological polar surface area (TPSA) is 88.9 Å². The maximum Gasteiger partial charge on any atom is 0.0889 e. The molecule has 1 aliphatic rings. The molecule has 4 bridgehead atoms. The number of aryl methyl sites for hydroxylation is 2. The van der Waals surface area contributed by atoms with Crippen molar-refractivity contribution in [3.8, 4) is 11.1 Å². The molecule has 0 unspecified atom stereocenters. The molecule has 0 saturated carbocycles. The van der Waals surface area contributed by atoms with Gasteiger partial charge in [0, 0.05) is 35.4 Å². The number of nitrogens with zero attached hydrogens (tertiary/aromatic N) is 4. The van der Waals surface area contributed by atoms with Crippen molar-refractivity contribution < 1.29 is 87.9 Å². The number of rotatable bonds is 5. The summed E-state index contributed by atoms with van der Waals surface area (Å²) in [5.41, 5.74) is 11.2. The third kappa shape index (κ3) is 32.0. The van der Waals surface area contributed by atoms with Gasteiger partial charge < -0.3 is 28.4 Å². The number of halogens is 12. The number of aromatic nitrogens is 4. The Bertz CT molecular complexity index is 2300. The van der Waals surface area contributed by atoms with E-state index < -0.39 is 15.6 Å². The molecule has 0 fully saturated rings. The fourth-order valence-electron chi connectivity index (χ4n) is 6.08. The number of benzene rings is 2. The fraction of sp³-hybridized carbons (Fsp3) is 0.333. The van der Waals surface area contributed by atoms with E-state index in [-0.39, 0.29) is 0 Å². The van der Waals surface area contributed by atoms with Gasteiger partial charge in [-0.25, -0.2) is 9.13 Å². The van der Waals surface area contributed by atoms with E-state index in [4.69, 9.17) is 28.4 Å². The first-order chi connectivity index (χ1) is 33.5. The molecule has 0 atom stereocenters. The molecule has 0 radical (unpaired) electrons. The molecule has 7 rings (SSSR count). The molecule has 24 heteroatoms. The van der Waals surface area contributed by atoms with Crippen LogP contribution in [-0.2, 0) is 67.9 Å². The summed E-state index contributed by atoms with van der Waals surface area (Å²) in [6.45, 7) is 11.9. The fourth-order valence-corrected chi connectivity index (χ4v) is 6.08. The van der Waals surface area contributed by atoms with E-state index in [2.05, 4.69) is 131 Å². The van der Waals surface area contributed by atoms with Crippen LogP contribution in [0.4, 0.5) is 50.4 Å². The molecular formula is C48H56F12N4O6P2. The summed E-state index contributed by atoms with van der Waals surface area (Å²) in [7, 11) is -21.3. The molecule has 6 aromatic rings. The molecule has 0 N–H and O–H groups in total. The van der Waals surface area contributed by atoms with E-state index in [1.165, 1.54) is 33.4 Å². The normalized spacial score (nSPS) is 16.6. The SMILES string of the molecule is Cc1ccc(C[n+]2ccc(-c3cc[n+](Cc4ccc(C)cc4)cc3)cc2)cc1.F[P-](F)(F)(F)(F)F.F[P-](F)(F)(F)(F)F.c1cc2nc(c1)COCCOCCOCc1cccc(n1)COCCOCCOC2. The third-order valence-electron chi connectivity index (χ3n) is 9.30. The van der Waals surface area contributed by atoms with Gasteiger partial charge in [-0.1, -0.05) is 71.8 Å². The summed E-state index contributed by atoms with van der Waals surface area (Å²) in [4.78, 5) is 9.08. The van der Waals surface area contributed by atoms with Crippen molar-refractivity contribution in [3.63, 3.8) is 0 Å². The molecule has 0 amide bonds. The number of hydrogen-bond donors (Lipinski definition) is 0. The van der Waals surface area contributed by atoms with Crippen LogP contribution in [0.1, 0.15) is 45.0 Å². The van der Waals surface area contributed by atoms with Crippen LogP contribution in [0.2, 0.25) is 0 Å². The second kappa shape index (κ2) is 25.2. The third-order valence-corrected chi connectivity index (χ3v) is 9.30. The van der Waals surface area contributed by atoms with Crippen molar-refractivity contribution in [1.82, 2.24) is 9.97 Å². The van der Waals surface area contributed by atoms with E-state index in [0.717, 1.165) is 35.9 Å². The van der Waals surface area contributed by atoms with Crippen LogP contribution in [0.5, 0.6) is 0 Å². The maximum absolute atomic E-state index is 10.7. The monoisotopic (exact) mass is 1070 g/mol. The summed E-state index contributed by atoms with van der Waals surface area (Å²) < 4.78 is 156. The van der Waals surface area contributed by atoms with Crippen molar-refractivity contribution in [2.24, 2.45) is 0 Å². The van der Waals surface area contributed by atoms with Gasteiger partial charge in [0.25, 0.3) is 0 Å². The average molecular weight is 1070 g/mol. The van der Waals surface area contributed by atoms with Gasteiger partial charge in [-0.15, -0.1) is 0 Å². The Morgan fingerprint density at radius 2 is 0.597 bits per heavy atom. The van der Waals surface area contributed by atoms with Crippen molar-refractivity contribution in [2.75, 3.05) is 52.9 Å². The number of pyridine rings is 4. The van der Waals surface area contributed by atoms with E-state index in [9.17, 15) is 50.4 Å². The molecule has 0 saturated heterocycles. The van der Waals surface area contributed by atoms with Crippen LogP contribution in [0, 0.1) is 13.8 Å². The van der Waals surface area contributed by atoms with Crippen LogP contribution in [0.15, 0.2) is 134 Å². The van der Waals surface area contributed by atoms with Gasteiger partial charge in [0.1, 0.15) is 0 Å². The first kappa shape index (κ1) is 59.4. The van der Waals surface area contributed by atoms with Crippen molar-refractivity contribution in [1.29, 1.82) is 0 Å². The summed E-state index contributed by atoms with van der Waals surface area (Å²) in [6, 6.07) is 37.9. The Hall–Kier alpha value is -5.18. The van der Waals surface area contributed by atoms with Crippen LogP contribution in [0.25, 0.3) is 11.1 Å². The molecule has 4 aromatic heterocycles. The molecule has 0 spiro atoms. The van der Waals surface area contributed by atoms with Crippen LogP contribution in [0.3, 0.4) is 0 Å². The van der Waals surface area contributed by atoms with Gasteiger partial charge in [-0.2, -0.15) is 0 Å². The minimum absolute atomic E-state index is 0.443. The van der Waals surface area contributed by atoms with E-state index in [1.807, 2.05) is 36.4 Å². The summed E-state index contributed by atoms with van der Waals surface area (Å²) in [5, 5.41) is 0. The molecule has 72 heavy (non-hydrogen) atoms. The second-order valence-electron chi connectivity index (χ2n) is 16.1. The van der Waals surface area contributed by atoms with Gasteiger partial charge in [-0.05, 0) is 49.2 Å². The van der Waals surface area contributed by atoms with E-state index in [1.54, 1.807) is 0 Å². The van der Waals surface area contributed by atoms with Gasteiger partial charge in [0.2, 0.25) is 0 Å². The Morgan fingerprint density at radius 1 is 0.361 bits per heavy atom. The number of hydrogen-bond acceptors (Lipinski definition) is 8. The Morgan fingerprint density at radius 3 is 0.847 bits per heavy atom. The maximum atomic E-state index is 9.87. The Labute approximate surface area is 409 Å². The van der Waals surface area contributed by atoms with Crippen molar-refractivity contribution >= 4 is 15.6 Å². The predicted molar refractivity (Wildman–Crippen MR) is 249 cm³/mol. The largest absolute Gasteiger partial charge is 0.377 e. The zero-order valence-corrected chi connectivity index (χ0v) is 41.1. The molecule has 10 nitrogen and oxygen atoms in total. The van der Waals surface area contributed by atoms with Crippen LogP contribution in [-0.4, -0.2) is 62.8 Å². The first-order valence-corrected chi connectivity index (χ1v) is 26.1. The molecule has 2 aromatic carbocycles. The van der Waals surface area contributed by atoms with Crippen LogP contribution >= 0.6 is 15.6 Å². The average Bonchev–Trinajstić information content (AvgIpc) is 3.28. The van der Waals surface area contributed by atoms with Crippen molar-refractivity contribution in [3.05, 3.63) is 179 Å². The molecule has 0 aliphatic carbocycles. The van der Waals surface area contributed by atoms with Crippen LogP contribution < -0.4 is 9.13 Å². The summed E-state index contributed by atoms with van der Waals surface area (Å²) >= 11 is 0. The first-order valence-electron chi connectivity index (χ1n) is 22.0. The van der Waals surface area contributed by atoms with Crippen molar-refractivity contribution in [2.45, 2.75) is 53.4 Å². The second-order valence-corrected chi connectivity index (χ2v) is 19.9. The van der Waals surface area contributed by atoms with E-state index in [0.29, 0.717) is 79.3 Å². The molecule has 398 valence electrons. The minimum Gasteiger partial charge on any atom is -0.377 e. The molecule has 1 aliphatic heterocycles. The molecule has 5 heterocycles. The minimum atomic E-state index is -10.7. The Kier molecular flexibility index (Phi) is 20.8. The summed E-state index contributed by atoms with van der Waals surface area (Å²) in [6.07, 6.45) is 8.62. The number of fused-ring (bicyclic) bond motifs is 4. The van der Waals surface area contributed by atoms with Gasteiger partial charge >= 0.3 is 66.0 Å². The van der Waals surface area contributed by atoms with Gasteiger partial charge in [-0.3, -0.25) is 9.97 Å². The standard InChI is InChI=1S/C26H26N2.C22H30N2O6.2F6P/c1-21-3-7-23(8-4-21)19-27-15-11-25(12-16-27)26-13-17-28(18-14-26)20-24-9-5-22(2)6-10-24;1-3-19-15-27-11-7-25-9-13-29-17-21-5-2-6-22(24-21)18-30-14-10-26-8-12-28-16-20(4-1)23-19;2*1-7(2,3,4,5)6/h3-18H,19-20H2,1-2H3;1-6H,7-18H2;;/q+2;;2*-1. The Balaban J connectivity index is 0.000000248. The van der Waals surface area contributed by atoms with E-state index >= 15 is 0 Å².